The van der Waals surface area contributed by atoms with Crippen molar-refractivity contribution in [3.05, 3.63) is 46.7 Å². The highest BCUT2D eigenvalue weighted by molar-refractivity contribution is 6.31. The largest absolute Gasteiger partial charge is 0.479 e. The number of aromatic nitrogens is 1. The molecule has 3 aliphatic heterocycles. The van der Waals surface area contributed by atoms with E-state index in [1.54, 1.807) is 6.07 Å². The number of ether oxygens (including phenoxy) is 1. The standard InChI is InChI=1S/C22H26ClN3O2/c1-22(2)19-5-4-8-26(19)18-10-13(23)9-17(20(18)28-22)21(27)24-14-11-15-6-7-16(12-14)25(15)3/h4-5,8-10,14-16H,6-7,11-12H2,1-3H3,(H,24,27). The van der Waals surface area contributed by atoms with Gasteiger partial charge in [-0.15, -0.1) is 0 Å². The summed E-state index contributed by atoms with van der Waals surface area (Å²) in [4.78, 5) is 15.7. The van der Waals surface area contributed by atoms with E-state index in [-0.39, 0.29) is 11.9 Å². The fourth-order valence-electron chi connectivity index (χ4n) is 5.22. The predicted octanol–water partition coefficient (Wildman–Crippen LogP) is 4.11. The average molecular weight is 400 g/mol. The molecule has 2 aromatic rings. The maximum atomic E-state index is 13.2. The lowest BCUT2D eigenvalue weighted by atomic mass is 9.97. The molecule has 2 atom stereocenters. The van der Waals surface area contributed by atoms with Crippen molar-refractivity contribution in [3.63, 3.8) is 0 Å². The third-order valence-corrected chi connectivity index (χ3v) is 6.91. The van der Waals surface area contributed by atoms with Gasteiger partial charge >= 0.3 is 0 Å². The average Bonchev–Trinajstić information content (AvgIpc) is 3.19. The molecule has 2 unspecified atom stereocenters. The molecule has 0 saturated carbocycles. The normalized spacial score (nSPS) is 27.6. The number of benzene rings is 1. The number of hydrogen-bond donors (Lipinski definition) is 1. The van der Waals surface area contributed by atoms with Crippen molar-refractivity contribution in [1.29, 1.82) is 0 Å². The lowest BCUT2D eigenvalue weighted by molar-refractivity contribution is 0.0810. The van der Waals surface area contributed by atoms with Crippen molar-refractivity contribution in [2.45, 2.75) is 63.3 Å². The SMILES string of the molecule is CN1C2CCC1CC(NC(=O)c1cc(Cl)cc3c1OC(C)(C)c1cccn1-3)C2. The molecule has 0 radical (unpaired) electrons. The van der Waals surface area contributed by atoms with E-state index in [1.807, 2.05) is 38.2 Å². The Morgan fingerprint density at radius 3 is 2.68 bits per heavy atom. The minimum absolute atomic E-state index is 0.0980. The summed E-state index contributed by atoms with van der Waals surface area (Å²) in [5, 5.41) is 3.80. The molecule has 5 rings (SSSR count). The molecular weight excluding hydrogens is 374 g/mol. The van der Waals surface area contributed by atoms with Crippen LogP contribution in [0.2, 0.25) is 5.02 Å². The molecule has 28 heavy (non-hydrogen) atoms. The van der Waals surface area contributed by atoms with Gasteiger partial charge < -0.3 is 19.5 Å². The number of rotatable bonds is 2. The van der Waals surface area contributed by atoms with Crippen LogP contribution in [0.25, 0.3) is 5.69 Å². The van der Waals surface area contributed by atoms with E-state index >= 15 is 0 Å². The van der Waals surface area contributed by atoms with Gasteiger partial charge in [0.05, 0.1) is 16.9 Å². The summed E-state index contributed by atoms with van der Waals surface area (Å²) in [6.07, 6.45) is 6.47. The number of hydrogen-bond acceptors (Lipinski definition) is 3. The topological polar surface area (TPSA) is 46.5 Å². The van der Waals surface area contributed by atoms with Crippen LogP contribution in [0.1, 0.15) is 55.6 Å². The first kappa shape index (κ1) is 18.1. The third-order valence-electron chi connectivity index (χ3n) is 6.69. The first-order chi connectivity index (χ1) is 13.3. The molecule has 1 aromatic heterocycles. The Balaban J connectivity index is 1.48. The monoisotopic (exact) mass is 399 g/mol. The van der Waals surface area contributed by atoms with Gasteiger partial charge in [-0.05, 0) is 70.8 Å². The molecule has 1 amide bonds. The van der Waals surface area contributed by atoms with Gasteiger partial charge in [-0.1, -0.05) is 11.6 Å². The molecule has 0 aliphatic carbocycles. The Bertz CT molecular complexity index is 937. The van der Waals surface area contributed by atoms with E-state index in [4.69, 9.17) is 16.3 Å². The number of fused-ring (bicyclic) bond motifs is 5. The minimum atomic E-state index is -0.522. The molecular formula is C22H26ClN3O2. The van der Waals surface area contributed by atoms with Gasteiger partial charge in [0, 0.05) is 29.3 Å². The van der Waals surface area contributed by atoms with Gasteiger partial charge in [0.2, 0.25) is 0 Å². The molecule has 2 fully saturated rings. The summed E-state index contributed by atoms with van der Waals surface area (Å²) < 4.78 is 8.39. The number of carbonyl (C=O) groups excluding carboxylic acids is 1. The van der Waals surface area contributed by atoms with Gasteiger partial charge in [-0.25, -0.2) is 0 Å². The summed E-state index contributed by atoms with van der Waals surface area (Å²) in [6, 6.07) is 8.98. The van der Waals surface area contributed by atoms with Crippen molar-refractivity contribution >= 4 is 17.5 Å². The zero-order valence-corrected chi connectivity index (χ0v) is 17.3. The fraction of sp³-hybridized carbons (Fsp3) is 0.500. The van der Waals surface area contributed by atoms with Gasteiger partial charge in [0.25, 0.3) is 5.91 Å². The molecule has 6 heteroatoms. The lowest BCUT2D eigenvalue weighted by Crippen LogP contribution is -2.48. The highest BCUT2D eigenvalue weighted by atomic mass is 35.5. The highest BCUT2D eigenvalue weighted by Gasteiger charge is 2.40. The second-order valence-corrected chi connectivity index (χ2v) is 9.31. The second kappa shape index (κ2) is 6.26. The van der Waals surface area contributed by atoms with Crippen LogP contribution in [-0.2, 0) is 5.60 Å². The molecule has 2 saturated heterocycles. The lowest BCUT2D eigenvalue weighted by Gasteiger charge is -2.37. The Morgan fingerprint density at radius 2 is 1.96 bits per heavy atom. The van der Waals surface area contributed by atoms with Gasteiger partial charge in [-0.3, -0.25) is 4.79 Å². The zero-order chi connectivity index (χ0) is 19.6. The third kappa shape index (κ3) is 2.75. The van der Waals surface area contributed by atoms with E-state index in [1.165, 1.54) is 12.8 Å². The fourth-order valence-corrected chi connectivity index (χ4v) is 5.43. The maximum absolute atomic E-state index is 13.2. The van der Waals surface area contributed by atoms with Crippen LogP contribution in [0.5, 0.6) is 5.75 Å². The highest BCUT2D eigenvalue weighted by Crippen LogP contribution is 2.43. The van der Waals surface area contributed by atoms with Crippen molar-refractivity contribution < 1.29 is 9.53 Å². The van der Waals surface area contributed by atoms with Crippen LogP contribution in [-0.4, -0.2) is 40.5 Å². The molecule has 2 bridgehead atoms. The van der Waals surface area contributed by atoms with Crippen molar-refractivity contribution in [3.8, 4) is 11.4 Å². The molecule has 4 heterocycles. The van der Waals surface area contributed by atoms with Crippen LogP contribution in [0.3, 0.4) is 0 Å². The van der Waals surface area contributed by atoms with Crippen LogP contribution in [0.15, 0.2) is 30.5 Å². The number of halogens is 1. The Morgan fingerprint density at radius 1 is 1.25 bits per heavy atom. The predicted molar refractivity (Wildman–Crippen MR) is 109 cm³/mol. The van der Waals surface area contributed by atoms with Crippen molar-refractivity contribution in [1.82, 2.24) is 14.8 Å². The van der Waals surface area contributed by atoms with Gasteiger partial charge in [-0.2, -0.15) is 0 Å². The minimum Gasteiger partial charge on any atom is -0.479 e. The van der Waals surface area contributed by atoms with E-state index in [0.717, 1.165) is 24.2 Å². The van der Waals surface area contributed by atoms with Crippen molar-refractivity contribution in [2.75, 3.05) is 7.05 Å². The molecule has 3 aliphatic rings. The molecule has 1 aromatic carbocycles. The number of amides is 1. The first-order valence-electron chi connectivity index (χ1n) is 10.1. The van der Waals surface area contributed by atoms with Gasteiger partial charge in [0.15, 0.2) is 5.75 Å². The maximum Gasteiger partial charge on any atom is 0.255 e. The Kier molecular flexibility index (Phi) is 4.04. The van der Waals surface area contributed by atoms with Gasteiger partial charge in [0.1, 0.15) is 5.60 Å². The van der Waals surface area contributed by atoms with Crippen LogP contribution in [0.4, 0.5) is 0 Å². The second-order valence-electron chi connectivity index (χ2n) is 8.87. The summed E-state index contributed by atoms with van der Waals surface area (Å²) in [7, 11) is 2.21. The van der Waals surface area contributed by atoms with E-state index in [2.05, 4.69) is 21.8 Å². The quantitative estimate of drug-likeness (QED) is 0.826. The van der Waals surface area contributed by atoms with E-state index < -0.39 is 5.60 Å². The smallest absolute Gasteiger partial charge is 0.255 e. The molecule has 5 nitrogen and oxygen atoms in total. The molecule has 1 N–H and O–H groups in total. The zero-order valence-electron chi connectivity index (χ0n) is 16.5. The van der Waals surface area contributed by atoms with Crippen LogP contribution >= 0.6 is 11.6 Å². The molecule has 0 spiro atoms. The molecule has 148 valence electrons. The Hall–Kier alpha value is -1.98. The summed E-state index contributed by atoms with van der Waals surface area (Å²) in [5.74, 6) is 0.505. The summed E-state index contributed by atoms with van der Waals surface area (Å²) >= 11 is 6.39. The number of carbonyl (C=O) groups is 1. The van der Waals surface area contributed by atoms with E-state index in [9.17, 15) is 4.79 Å². The summed E-state index contributed by atoms with van der Waals surface area (Å²) in [6.45, 7) is 4.04. The first-order valence-corrected chi connectivity index (χ1v) is 10.4. The Labute approximate surface area is 170 Å². The van der Waals surface area contributed by atoms with Crippen LogP contribution in [0, 0.1) is 0 Å². The van der Waals surface area contributed by atoms with Crippen LogP contribution < -0.4 is 10.1 Å². The van der Waals surface area contributed by atoms with E-state index in [0.29, 0.717) is 28.4 Å². The summed E-state index contributed by atoms with van der Waals surface area (Å²) in [5.41, 5.74) is 1.86. The van der Waals surface area contributed by atoms with Crippen molar-refractivity contribution in [2.24, 2.45) is 0 Å². The number of piperidine rings is 1. The number of nitrogens with one attached hydrogen (secondary N) is 1. The number of nitrogens with zero attached hydrogens (tertiary/aromatic N) is 2.